The molecule has 0 aliphatic rings. The van der Waals surface area contributed by atoms with E-state index in [9.17, 15) is 18.0 Å². The summed E-state index contributed by atoms with van der Waals surface area (Å²) in [6.07, 6.45) is -2.18. The maximum atomic E-state index is 12.2. The largest absolute Gasteiger partial charge is 0.573 e. The molecular formula is C19H14F3N3O3. The Morgan fingerprint density at radius 2 is 1.75 bits per heavy atom. The summed E-state index contributed by atoms with van der Waals surface area (Å²) in [6, 6.07) is 12.3. The predicted molar refractivity (Wildman–Crippen MR) is 94.8 cm³/mol. The van der Waals surface area contributed by atoms with Gasteiger partial charge < -0.3 is 9.84 Å². The van der Waals surface area contributed by atoms with Crippen LogP contribution >= 0.6 is 0 Å². The lowest BCUT2D eigenvalue weighted by Gasteiger charge is -2.09. The van der Waals surface area contributed by atoms with Crippen LogP contribution < -0.4 is 4.74 Å². The summed E-state index contributed by atoms with van der Waals surface area (Å²) in [7, 11) is 0. The lowest BCUT2D eigenvalue weighted by molar-refractivity contribution is -0.274. The van der Waals surface area contributed by atoms with E-state index in [1.54, 1.807) is 31.2 Å². The standard InChI is InChI=1S/C19H14F3N3O3/c1-12(10-17(26)27)13-2-4-14(5-3-13)18-23-11-25(24-18)15-6-8-16(9-7-15)28-19(20,21)22/h2-11H,1H3,(H,26,27)/b12-10+. The second kappa shape index (κ2) is 7.55. The molecule has 0 saturated carbocycles. The Labute approximate surface area is 157 Å². The van der Waals surface area contributed by atoms with Gasteiger partial charge in [-0.05, 0) is 42.3 Å². The molecule has 1 aromatic heterocycles. The quantitative estimate of drug-likeness (QED) is 0.658. The monoisotopic (exact) mass is 389 g/mol. The topological polar surface area (TPSA) is 77.2 Å². The average molecular weight is 389 g/mol. The molecule has 0 bridgehead atoms. The zero-order chi connectivity index (χ0) is 20.3. The van der Waals surface area contributed by atoms with E-state index in [2.05, 4.69) is 14.8 Å². The number of carbonyl (C=O) groups is 1. The van der Waals surface area contributed by atoms with Gasteiger partial charge >= 0.3 is 12.3 Å². The van der Waals surface area contributed by atoms with Gasteiger partial charge in [0.15, 0.2) is 5.82 Å². The number of allylic oxidation sites excluding steroid dienone is 1. The number of carboxylic acid groups (broad SMARTS) is 1. The molecule has 0 fully saturated rings. The van der Waals surface area contributed by atoms with Crippen LogP contribution in [0.4, 0.5) is 13.2 Å². The Kier molecular flexibility index (Phi) is 5.16. The second-order valence-electron chi connectivity index (χ2n) is 5.80. The van der Waals surface area contributed by atoms with Crippen molar-refractivity contribution in [1.82, 2.24) is 14.8 Å². The molecule has 0 atom stereocenters. The van der Waals surface area contributed by atoms with E-state index in [-0.39, 0.29) is 5.75 Å². The molecule has 1 N–H and O–H groups in total. The van der Waals surface area contributed by atoms with Gasteiger partial charge in [-0.3, -0.25) is 0 Å². The fourth-order valence-electron chi connectivity index (χ4n) is 2.47. The second-order valence-corrected chi connectivity index (χ2v) is 5.80. The molecule has 0 spiro atoms. The summed E-state index contributed by atoms with van der Waals surface area (Å²) in [6.45, 7) is 1.70. The van der Waals surface area contributed by atoms with Gasteiger partial charge in [0, 0.05) is 11.6 Å². The van der Waals surface area contributed by atoms with Gasteiger partial charge in [-0.15, -0.1) is 18.3 Å². The van der Waals surface area contributed by atoms with Crippen LogP contribution in [0.5, 0.6) is 5.75 Å². The molecule has 0 aliphatic carbocycles. The van der Waals surface area contributed by atoms with Gasteiger partial charge in [-0.25, -0.2) is 14.5 Å². The van der Waals surface area contributed by atoms with Gasteiger partial charge in [0.1, 0.15) is 12.1 Å². The number of halogens is 3. The Hall–Kier alpha value is -3.62. The van der Waals surface area contributed by atoms with Crippen molar-refractivity contribution < 1.29 is 27.8 Å². The van der Waals surface area contributed by atoms with Crippen molar-refractivity contribution >= 4 is 11.5 Å². The van der Waals surface area contributed by atoms with Crippen LogP contribution in [0.3, 0.4) is 0 Å². The van der Waals surface area contributed by atoms with Crippen molar-refractivity contribution in [1.29, 1.82) is 0 Å². The van der Waals surface area contributed by atoms with Crippen LogP contribution in [0.1, 0.15) is 12.5 Å². The third-order valence-corrected chi connectivity index (χ3v) is 3.77. The number of nitrogens with zero attached hydrogens (tertiary/aromatic N) is 3. The van der Waals surface area contributed by atoms with E-state index >= 15 is 0 Å². The molecule has 3 aromatic rings. The van der Waals surface area contributed by atoms with E-state index in [1.165, 1.54) is 35.3 Å². The minimum absolute atomic E-state index is 0.322. The number of aliphatic carboxylic acids is 1. The Bertz CT molecular complexity index is 1010. The first-order valence-electron chi connectivity index (χ1n) is 8.01. The first kappa shape index (κ1) is 19.2. The van der Waals surface area contributed by atoms with Gasteiger partial charge in [0.2, 0.25) is 0 Å². The third-order valence-electron chi connectivity index (χ3n) is 3.77. The highest BCUT2D eigenvalue weighted by Gasteiger charge is 2.30. The minimum Gasteiger partial charge on any atom is -0.478 e. The number of benzene rings is 2. The molecular weight excluding hydrogens is 375 g/mol. The van der Waals surface area contributed by atoms with Crippen LogP contribution in [0.2, 0.25) is 0 Å². The first-order chi connectivity index (χ1) is 13.2. The Morgan fingerprint density at radius 1 is 1.11 bits per heavy atom. The summed E-state index contributed by atoms with van der Waals surface area (Å²) in [4.78, 5) is 14.9. The van der Waals surface area contributed by atoms with Crippen LogP contribution in [-0.4, -0.2) is 32.2 Å². The fourth-order valence-corrected chi connectivity index (χ4v) is 2.47. The highest BCUT2D eigenvalue weighted by molar-refractivity contribution is 5.89. The minimum atomic E-state index is -4.74. The van der Waals surface area contributed by atoms with E-state index in [0.717, 1.165) is 11.6 Å². The molecule has 0 radical (unpaired) electrons. The smallest absolute Gasteiger partial charge is 0.478 e. The van der Waals surface area contributed by atoms with Crippen molar-refractivity contribution in [3.05, 3.63) is 66.5 Å². The molecule has 2 aromatic carbocycles. The normalized spacial score (nSPS) is 12.1. The number of hydrogen-bond donors (Lipinski definition) is 1. The highest BCUT2D eigenvalue weighted by atomic mass is 19.4. The lowest BCUT2D eigenvalue weighted by atomic mass is 10.0. The van der Waals surface area contributed by atoms with Crippen molar-refractivity contribution in [2.24, 2.45) is 0 Å². The van der Waals surface area contributed by atoms with E-state index in [1.807, 2.05) is 0 Å². The Morgan fingerprint density at radius 3 is 2.32 bits per heavy atom. The molecule has 1 heterocycles. The number of rotatable bonds is 5. The van der Waals surface area contributed by atoms with Gasteiger partial charge in [-0.1, -0.05) is 24.3 Å². The number of hydrogen-bond acceptors (Lipinski definition) is 4. The molecule has 28 heavy (non-hydrogen) atoms. The first-order valence-corrected chi connectivity index (χ1v) is 8.01. The summed E-state index contributed by atoms with van der Waals surface area (Å²) >= 11 is 0. The van der Waals surface area contributed by atoms with Crippen LogP contribution in [0, 0.1) is 0 Å². The maximum absolute atomic E-state index is 12.2. The molecule has 6 nitrogen and oxygen atoms in total. The average Bonchev–Trinajstić information content (AvgIpc) is 3.10. The summed E-state index contributed by atoms with van der Waals surface area (Å²) in [5, 5.41) is 13.1. The van der Waals surface area contributed by atoms with Gasteiger partial charge in [-0.2, -0.15) is 0 Å². The van der Waals surface area contributed by atoms with E-state index in [4.69, 9.17) is 5.11 Å². The van der Waals surface area contributed by atoms with Crippen LogP contribution in [-0.2, 0) is 4.79 Å². The Balaban J connectivity index is 1.78. The molecule has 0 unspecified atom stereocenters. The summed E-state index contributed by atoms with van der Waals surface area (Å²) < 4.78 is 41.9. The zero-order valence-corrected chi connectivity index (χ0v) is 14.5. The number of alkyl halides is 3. The molecule has 144 valence electrons. The van der Waals surface area contributed by atoms with E-state index < -0.39 is 12.3 Å². The zero-order valence-electron chi connectivity index (χ0n) is 14.5. The van der Waals surface area contributed by atoms with Gasteiger partial charge in [0.05, 0.1) is 5.69 Å². The van der Waals surface area contributed by atoms with Crippen LogP contribution in [0.15, 0.2) is 60.9 Å². The molecule has 0 saturated heterocycles. The fraction of sp³-hybridized carbons (Fsp3) is 0.105. The van der Waals surface area contributed by atoms with Crippen molar-refractivity contribution in [3.63, 3.8) is 0 Å². The molecule has 0 amide bonds. The maximum Gasteiger partial charge on any atom is 0.573 e. The third kappa shape index (κ3) is 4.76. The van der Waals surface area contributed by atoms with E-state index in [0.29, 0.717) is 22.6 Å². The number of aromatic nitrogens is 3. The summed E-state index contributed by atoms with van der Waals surface area (Å²) in [5.74, 6) is -0.923. The van der Waals surface area contributed by atoms with Crippen molar-refractivity contribution in [2.45, 2.75) is 13.3 Å². The number of carboxylic acids is 1. The molecule has 3 rings (SSSR count). The van der Waals surface area contributed by atoms with Crippen molar-refractivity contribution in [2.75, 3.05) is 0 Å². The number of ether oxygens (including phenoxy) is 1. The highest BCUT2D eigenvalue weighted by Crippen LogP contribution is 2.24. The van der Waals surface area contributed by atoms with Gasteiger partial charge in [0.25, 0.3) is 0 Å². The predicted octanol–water partition coefficient (Wildman–Crippen LogP) is 4.32. The van der Waals surface area contributed by atoms with Crippen LogP contribution in [0.25, 0.3) is 22.6 Å². The summed E-state index contributed by atoms with van der Waals surface area (Å²) in [5.41, 5.74) is 2.59. The SMILES string of the molecule is C/C(=C\C(=O)O)c1ccc(-c2ncn(-c3ccc(OC(F)(F)F)cc3)n2)cc1. The molecule has 9 heteroatoms. The van der Waals surface area contributed by atoms with Crippen molar-refractivity contribution in [3.8, 4) is 22.8 Å². The molecule has 0 aliphatic heterocycles. The lowest BCUT2D eigenvalue weighted by Crippen LogP contribution is -2.17.